The number of benzene rings is 2. The number of hydrogen-bond donors (Lipinski definition) is 1. The third-order valence-corrected chi connectivity index (χ3v) is 5.28. The average Bonchev–Trinajstić information content (AvgIpc) is 3.27. The van der Waals surface area contributed by atoms with E-state index in [-0.39, 0.29) is 0 Å². The summed E-state index contributed by atoms with van der Waals surface area (Å²) < 4.78 is 17.0. The van der Waals surface area contributed by atoms with Crippen LogP contribution in [0, 0.1) is 0 Å². The molecule has 2 aromatic carbocycles. The lowest BCUT2D eigenvalue weighted by Crippen LogP contribution is -2.01. The molecule has 6 nitrogen and oxygen atoms in total. The van der Waals surface area contributed by atoms with Crippen molar-refractivity contribution in [1.29, 1.82) is 0 Å². The van der Waals surface area contributed by atoms with Crippen molar-refractivity contribution >= 4 is 22.7 Å². The fourth-order valence-electron chi connectivity index (χ4n) is 2.99. The molecule has 0 spiro atoms. The molecule has 0 saturated heterocycles. The molecule has 7 heteroatoms. The second kappa shape index (κ2) is 12.0. The fraction of sp³-hybridized carbons (Fsp3) is 0.333. The summed E-state index contributed by atoms with van der Waals surface area (Å²) in [6, 6.07) is 13.7. The first-order valence-electron chi connectivity index (χ1n) is 10.5. The van der Waals surface area contributed by atoms with Gasteiger partial charge in [0.05, 0.1) is 32.2 Å². The van der Waals surface area contributed by atoms with Gasteiger partial charge >= 0.3 is 0 Å². The number of ether oxygens (including phenoxy) is 3. The lowest BCUT2D eigenvalue weighted by molar-refractivity contribution is 0.271. The monoisotopic (exact) mass is 439 g/mol. The number of rotatable bonds is 12. The van der Waals surface area contributed by atoms with Crippen LogP contribution in [0.1, 0.15) is 38.7 Å². The highest BCUT2D eigenvalue weighted by Gasteiger charge is 2.09. The van der Waals surface area contributed by atoms with E-state index in [0.29, 0.717) is 18.3 Å². The summed E-state index contributed by atoms with van der Waals surface area (Å²) in [5.41, 5.74) is 5.72. The maximum Gasteiger partial charge on any atom is 0.203 e. The molecular weight excluding hydrogens is 410 g/mol. The fourth-order valence-corrected chi connectivity index (χ4v) is 3.65. The Kier molecular flexibility index (Phi) is 8.72. The number of hydrogen-bond acceptors (Lipinski definition) is 7. The van der Waals surface area contributed by atoms with Crippen LogP contribution in [0.3, 0.4) is 0 Å². The van der Waals surface area contributed by atoms with Crippen LogP contribution in [0.4, 0.5) is 5.13 Å². The molecule has 1 N–H and O–H groups in total. The summed E-state index contributed by atoms with van der Waals surface area (Å²) in [5.74, 6) is 2.29. The Balaban J connectivity index is 1.64. The van der Waals surface area contributed by atoms with Crippen molar-refractivity contribution < 1.29 is 14.2 Å². The molecular formula is C24H29N3O3S. The van der Waals surface area contributed by atoms with Gasteiger partial charge < -0.3 is 14.2 Å². The van der Waals surface area contributed by atoms with Crippen LogP contribution in [-0.4, -0.2) is 31.5 Å². The second-order valence-electron chi connectivity index (χ2n) is 6.80. The molecule has 164 valence electrons. The number of unbranched alkanes of at least 4 members (excludes halogenated alkanes) is 2. The number of aromatic nitrogens is 1. The Hall–Kier alpha value is -3.06. The van der Waals surface area contributed by atoms with Crippen molar-refractivity contribution in [1.82, 2.24) is 4.98 Å². The van der Waals surface area contributed by atoms with Crippen LogP contribution in [-0.2, 0) is 0 Å². The van der Waals surface area contributed by atoms with Gasteiger partial charge in [-0.3, -0.25) is 5.43 Å². The molecule has 3 rings (SSSR count). The number of thiazole rings is 1. The maximum atomic E-state index is 5.88. The van der Waals surface area contributed by atoms with Gasteiger partial charge in [-0.1, -0.05) is 31.9 Å². The van der Waals surface area contributed by atoms with Gasteiger partial charge in [-0.05, 0) is 49.2 Å². The molecule has 0 saturated carbocycles. The Morgan fingerprint density at radius 2 is 1.90 bits per heavy atom. The van der Waals surface area contributed by atoms with E-state index in [0.717, 1.165) is 46.9 Å². The minimum atomic E-state index is 0.578. The third-order valence-electron chi connectivity index (χ3n) is 4.53. The summed E-state index contributed by atoms with van der Waals surface area (Å²) in [4.78, 5) is 4.60. The van der Waals surface area contributed by atoms with Crippen LogP contribution in [0.25, 0.3) is 11.3 Å². The summed E-state index contributed by atoms with van der Waals surface area (Å²) >= 11 is 1.49. The first-order valence-corrected chi connectivity index (χ1v) is 11.4. The number of methoxy groups -OCH3 is 1. The van der Waals surface area contributed by atoms with Gasteiger partial charge in [-0.15, -0.1) is 11.3 Å². The molecule has 1 heterocycles. The number of hydrazone groups is 1. The number of nitrogens with zero attached hydrogens (tertiary/aromatic N) is 2. The quantitative estimate of drug-likeness (QED) is 0.206. The zero-order chi connectivity index (χ0) is 21.9. The van der Waals surface area contributed by atoms with Crippen molar-refractivity contribution in [2.24, 2.45) is 5.10 Å². The predicted octanol–water partition coefficient (Wildman–Crippen LogP) is 6.23. The number of para-hydroxylation sites is 1. The van der Waals surface area contributed by atoms with Crippen LogP contribution in [0.2, 0.25) is 0 Å². The maximum absolute atomic E-state index is 5.88. The van der Waals surface area contributed by atoms with Crippen LogP contribution in [0.5, 0.6) is 17.2 Å². The van der Waals surface area contributed by atoms with Gasteiger partial charge in [0, 0.05) is 10.9 Å². The lowest BCUT2D eigenvalue weighted by Gasteiger charge is -2.12. The Labute approximate surface area is 187 Å². The molecule has 0 radical (unpaired) electrons. The normalized spacial score (nSPS) is 10.9. The van der Waals surface area contributed by atoms with Gasteiger partial charge in [0.25, 0.3) is 0 Å². The zero-order valence-electron chi connectivity index (χ0n) is 18.3. The minimum absolute atomic E-state index is 0.578. The second-order valence-corrected chi connectivity index (χ2v) is 7.66. The van der Waals surface area contributed by atoms with E-state index in [1.807, 2.05) is 54.8 Å². The molecule has 1 aromatic heterocycles. The van der Waals surface area contributed by atoms with E-state index in [9.17, 15) is 0 Å². The first kappa shape index (κ1) is 22.6. The number of nitrogens with one attached hydrogen (secondary N) is 1. The largest absolute Gasteiger partial charge is 0.496 e. The molecule has 0 aliphatic carbocycles. The van der Waals surface area contributed by atoms with E-state index < -0.39 is 0 Å². The van der Waals surface area contributed by atoms with Crippen LogP contribution >= 0.6 is 11.3 Å². The smallest absolute Gasteiger partial charge is 0.203 e. The highest BCUT2D eigenvalue weighted by atomic mass is 32.1. The van der Waals surface area contributed by atoms with Crippen molar-refractivity contribution in [3.8, 4) is 28.5 Å². The van der Waals surface area contributed by atoms with E-state index in [2.05, 4.69) is 22.4 Å². The molecule has 0 bridgehead atoms. The topological polar surface area (TPSA) is 65.0 Å². The highest BCUT2D eigenvalue weighted by molar-refractivity contribution is 7.14. The van der Waals surface area contributed by atoms with E-state index in [1.165, 1.54) is 17.8 Å². The Morgan fingerprint density at radius 1 is 1.03 bits per heavy atom. The van der Waals surface area contributed by atoms with Gasteiger partial charge in [0.15, 0.2) is 11.5 Å². The standard InChI is InChI=1S/C24H29N3O3S/c1-4-6-9-14-30-22-13-12-18(15-23(22)29-5-2)16-25-27-24-26-20(17-31-24)19-10-7-8-11-21(19)28-3/h7-8,10-13,15-17H,4-6,9,14H2,1-3H3,(H,26,27)/b25-16-. The van der Waals surface area contributed by atoms with Crippen molar-refractivity contribution in [3.63, 3.8) is 0 Å². The van der Waals surface area contributed by atoms with Gasteiger partial charge in [-0.2, -0.15) is 5.10 Å². The van der Waals surface area contributed by atoms with E-state index in [1.54, 1.807) is 13.3 Å². The molecule has 0 aliphatic heterocycles. The highest BCUT2D eigenvalue weighted by Crippen LogP contribution is 2.32. The van der Waals surface area contributed by atoms with E-state index >= 15 is 0 Å². The van der Waals surface area contributed by atoms with Crippen molar-refractivity contribution in [3.05, 3.63) is 53.4 Å². The van der Waals surface area contributed by atoms with Crippen LogP contribution in [0.15, 0.2) is 52.9 Å². The third kappa shape index (κ3) is 6.46. The number of anilines is 1. The van der Waals surface area contributed by atoms with Crippen molar-refractivity contribution in [2.75, 3.05) is 25.7 Å². The molecule has 3 aromatic rings. The van der Waals surface area contributed by atoms with Crippen molar-refractivity contribution in [2.45, 2.75) is 33.1 Å². The molecule has 0 aliphatic rings. The zero-order valence-corrected chi connectivity index (χ0v) is 19.1. The SMILES string of the molecule is CCCCCOc1ccc(/C=N\Nc2nc(-c3ccccc3OC)cs2)cc1OCC. The minimum Gasteiger partial charge on any atom is -0.496 e. The van der Waals surface area contributed by atoms with Crippen LogP contribution < -0.4 is 19.6 Å². The molecule has 0 amide bonds. The first-order chi connectivity index (χ1) is 15.2. The van der Waals surface area contributed by atoms with Gasteiger partial charge in [-0.25, -0.2) is 4.98 Å². The summed E-state index contributed by atoms with van der Waals surface area (Å²) in [7, 11) is 1.66. The molecule has 31 heavy (non-hydrogen) atoms. The predicted molar refractivity (Wildman–Crippen MR) is 128 cm³/mol. The lowest BCUT2D eigenvalue weighted by atomic mass is 10.1. The summed E-state index contributed by atoms with van der Waals surface area (Å²) in [5, 5.41) is 7.01. The van der Waals surface area contributed by atoms with Gasteiger partial charge in [0.2, 0.25) is 5.13 Å². The summed E-state index contributed by atoms with van der Waals surface area (Å²) in [6.45, 7) is 5.42. The molecule has 0 unspecified atom stereocenters. The van der Waals surface area contributed by atoms with E-state index in [4.69, 9.17) is 14.2 Å². The molecule has 0 fully saturated rings. The average molecular weight is 440 g/mol. The van der Waals surface area contributed by atoms with Gasteiger partial charge in [0.1, 0.15) is 5.75 Å². The molecule has 0 atom stereocenters. The Bertz CT molecular complexity index is 988. The summed E-state index contributed by atoms with van der Waals surface area (Å²) in [6.07, 6.45) is 5.12. The Morgan fingerprint density at radius 3 is 2.71 bits per heavy atom.